The number of amides is 1. The zero-order valence-corrected chi connectivity index (χ0v) is 15.5. The van der Waals surface area contributed by atoms with Gasteiger partial charge in [0.2, 0.25) is 5.91 Å². The van der Waals surface area contributed by atoms with Gasteiger partial charge in [-0.2, -0.15) is 13.2 Å². The van der Waals surface area contributed by atoms with Crippen LogP contribution in [0.5, 0.6) is 0 Å². The molecule has 1 amide bonds. The summed E-state index contributed by atoms with van der Waals surface area (Å²) in [6.07, 6.45) is -2.65. The number of rotatable bonds is 5. The van der Waals surface area contributed by atoms with Gasteiger partial charge in [-0.25, -0.2) is 0 Å². The molecule has 1 aliphatic heterocycles. The molecule has 8 heteroatoms. The van der Waals surface area contributed by atoms with Gasteiger partial charge in [-0.1, -0.05) is 27.2 Å². The Hall–Kier alpha value is -1.31. The molecule has 1 aliphatic carbocycles. The van der Waals surface area contributed by atoms with Crippen LogP contribution in [0.4, 0.5) is 13.2 Å². The van der Waals surface area contributed by atoms with Crippen molar-refractivity contribution in [2.75, 3.05) is 19.7 Å². The van der Waals surface area contributed by atoms with Crippen LogP contribution in [0.3, 0.4) is 0 Å². The number of carbonyl (C=O) groups excluding carboxylic acids is 1. The number of alkyl halides is 3. The number of aliphatic carboxylic acids is 1. The van der Waals surface area contributed by atoms with E-state index in [9.17, 15) is 22.8 Å². The highest BCUT2D eigenvalue weighted by atomic mass is 19.4. The molecular formula is C18H28F3NO4. The van der Waals surface area contributed by atoms with Crippen LogP contribution in [-0.4, -0.2) is 53.9 Å². The second kappa shape index (κ2) is 7.74. The summed E-state index contributed by atoms with van der Waals surface area (Å²) in [5.74, 6) is -1.28. The van der Waals surface area contributed by atoms with E-state index in [1.54, 1.807) is 0 Å². The lowest BCUT2D eigenvalue weighted by molar-refractivity contribution is -0.227. The molecule has 1 heterocycles. The van der Waals surface area contributed by atoms with Gasteiger partial charge in [-0.15, -0.1) is 0 Å². The maximum atomic E-state index is 13.2. The van der Waals surface area contributed by atoms with Crippen molar-refractivity contribution >= 4 is 11.9 Å². The monoisotopic (exact) mass is 379 g/mol. The number of nitrogens with zero attached hydrogens (tertiary/aromatic N) is 1. The lowest BCUT2D eigenvalue weighted by Gasteiger charge is -2.37. The van der Waals surface area contributed by atoms with Crippen LogP contribution in [0.1, 0.15) is 46.5 Å². The van der Waals surface area contributed by atoms with E-state index < -0.39 is 36.4 Å². The fourth-order valence-corrected chi connectivity index (χ4v) is 4.13. The minimum Gasteiger partial charge on any atom is -0.481 e. The molecule has 0 spiro atoms. The Morgan fingerprint density at radius 1 is 1.31 bits per heavy atom. The third-order valence-electron chi connectivity index (χ3n) is 5.96. The van der Waals surface area contributed by atoms with Crippen molar-refractivity contribution in [3.8, 4) is 0 Å². The Balaban J connectivity index is 1.97. The van der Waals surface area contributed by atoms with Crippen molar-refractivity contribution in [3.63, 3.8) is 0 Å². The third-order valence-corrected chi connectivity index (χ3v) is 5.96. The smallest absolute Gasteiger partial charge is 0.406 e. The summed E-state index contributed by atoms with van der Waals surface area (Å²) in [6, 6.07) is 0. The summed E-state index contributed by atoms with van der Waals surface area (Å²) in [6.45, 7) is 4.97. The number of likely N-dealkylation sites (tertiary alicyclic amines) is 1. The lowest BCUT2D eigenvalue weighted by atomic mass is 9.75. The molecule has 0 aromatic carbocycles. The predicted molar refractivity (Wildman–Crippen MR) is 88.4 cm³/mol. The quantitative estimate of drug-likeness (QED) is 0.796. The first kappa shape index (κ1) is 21.0. The number of hydrogen-bond donors (Lipinski definition) is 1. The minimum atomic E-state index is -4.89. The summed E-state index contributed by atoms with van der Waals surface area (Å²) >= 11 is 0. The molecule has 1 saturated carbocycles. The van der Waals surface area contributed by atoms with Crippen molar-refractivity contribution in [1.82, 2.24) is 4.90 Å². The van der Waals surface area contributed by atoms with Gasteiger partial charge < -0.3 is 14.7 Å². The molecule has 2 aliphatic rings. The summed E-state index contributed by atoms with van der Waals surface area (Å²) in [5.41, 5.74) is -2.87. The van der Waals surface area contributed by atoms with Crippen molar-refractivity contribution < 1.29 is 32.6 Å². The van der Waals surface area contributed by atoms with Crippen LogP contribution in [0.15, 0.2) is 0 Å². The first-order valence-corrected chi connectivity index (χ1v) is 9.17. The van der Waals surface area contributed by atoms with Crippen LogP contribution in [-0.2, 0) is 14.3 Å². The van der Waals surface area contributed by atoms with Crippen LogP contribution in [0.25, 0.3) is 0 Å². The molecule has 150 valence electrons. The molecule has 2 fully saturated rings. The molecule has 0 aromatic rings. The zero-order chi connectivity index (χ0) is 19.7. The van der Waals surface area contributed by atoms with Crippen molar-refractivity contribution in [1.29, 1.82) is 0 Å². The third kappa shape index (κ3) is 4.15. The normalized spacial score (nSPS) is 32.9. The topological polar surface area (TPSA) is 66.8 Å². The van der Waals surface area contributed by atoms with Gasteiger partial charge in [0.1, 0.15) is 6.61 Å². The zero-order valence-electron chi connectivity index (χ0n) is 15.5. The Labute approximate surface area is 151 Å². The minimum absolute atomic E-state index is 0.0860. The molecule has 0 aromatic heterocycles. The number of halogens is 3. The average molecular weight is 379 g/mol. The summed E-state index contributed by atoms with van der Waals surface area (Å²) in [7, 11) is 0. The van der Waals surface area contributed by atoms with Crippen molar-refractivity contribution in [2.24, 2.45) is 23.2 Å². The maximum Gasteiger partial charge on any atom is 0.406 e. The Bertz CT molecular complexity index is 537. The molecule has 1 N–H and O–H groups in total. The molecule has 0 radical (unpaired) electrons. The Kier molecular flexibility index (Phi) is 6.25. The van der Waals surface area contributed by atoms with Gasteiger partial charge in [0, 0.05) is 13.1 Å². The second-order valence-electron chi connectivity index (χ2n) is 8.13. The number of carbonyl (C=O) groups is 2. The number of carboxylic acids is 1. The molecule has 1 saturated heterocycles. The number of carboxylic acid groups (broad SMARTS) is 1. The fourth-order valence-electron chi connectivity index (χ4n) is 4.13. The fraction of sp³-hybridized carbons (Fsp3) is 0.889. The van der Waals surface area contributed by atoms with E-state index in [1.165, 1.54) is 0 Å². The molecule has 0 bridgehead atoms. The molecule has 4 unspecified atom stereocenters. The molecule has 5 nitrogen and oxygen atoms in total. The average Bonchev–Trinajstić information content (AvgIpc) is 2.99. The van der Waals surface area contributed by atoms with Crippen LogP contribution >= 0.6 is 0 Å². The molecule has 26 heavy (non-hydrogen) atoms. The first-order valence-electron chi connectivity index (χ1n) is 9.17. The van der Waals surface area contributed by atoms with Crippen LogP contribution < -0.4 is 0 Å². The Morgan fingerprint density at radius 2 is 1.96 bits per heavy atom. The first-order chi connectivity index (χ1) is 12.0. The van der Waals surface area contributed by atoms with E-state index in [0.29, 0.717) is 17.8 Å². The number of ether oxygens (including phenoxy) is 1. The molecule has 4 atom stereocenters. The Morgan fingerprint density at radius 3 is 2.46 bits per heavy atom. The van der Waals surface area contributed by atoms with Gasteiger partial charge in [0.25, 0.3) is 0 Å². The van der Waals surface area contributed by atoms with Gasteiger partial charge in [0.15, 0.2) is 5.41 Å². The van der Waals surface area contributed by atoms with Crippen LogP contribution in [0, 0.1) is 23.2 Å². The van der Waals surface area contributed by atoms with Crippen molar-refractivity contribution in [3.05, 3.63) is 0 Å². The van der Waals surface area contributed by atoms with Crippen LogP contribution in [0.2, 0.25) is 0 Å². The highest BCUT2D eigenvalue weighted by molar-refractivity contribution is 5.82. The SMILES string of the molecule is CC1CCC(C(C)C)C(OCC(=O)N2CCC(C(=O)O)(C(F)(F)F)C2)C1. The van der Waals surface area contributed by atoms with Gasteiger partial charge in [-0.05, 0) is 37.0 Å². The second-order valence-corrected chi connectivity index (χ2v) is 8.13. The van der Waals surface area contributed by atoms with E-state index in [2.05, 4.69) is 20.8 Å². The standard InChI is InChI=1S/C18H28F3NO4/c1-11(2)13-5-4-12(3)8-14(13)26-9-15(23)22-7-6-17(10-22,16(24)25)18(19,20)21/h11-14H,4-10H2,1-3H3,(H,24,25). The summed E-state index contributed by atoms with van der Waals surface area (Å²) in [5, 5.41) is 9.07. The number of hydrogen-bond acceptors (Lipinski definition) is 3. The highest BCUT2D eigenvalue weighted by Crippen LogP contribution is 2.45. The van der Waals surface area contributed by atoms with Gasteiger partial charge >= 0.3 is 12.1 Å². The highest BCUT2D eigenvalue weighted by Gasteiger charge is 2.64. The van der Waals surface area contributed by atoms with Gasteiger partial charge in [-0.3, -0.25) is 9.59 Å². The summed E-state index contributed by atoms with van der Waals surface area (Å²) in [4.78, 5) is 24.5. The van der Waals surface area contributed by atoms with E-state index in [0.717, 1.165) is 24.2 Å². The van der Waals surface area contributed by atoms with E-state index >= 15 is 0 Å². The van der Waals surface area contributed by atoms with E-state index in [1.807, 2.05) is 0 Å². The van der Waals surface area contributed by atoms with Crippen molar-refractivity contribution in [2.45, 2.75) is 58.7 Å². The van der Waals surface area contributed by atoms with Gasteiger partial charge in [0.05, 0.1) is 6.10 Å². The van der Waals surface area contributed by atoms with E-state index in [4.69, 9.17) is 9.84 Å². The molecular weight excluding hydrogens is 351 g/mol. The predicted octanol–water partition coefficient (Wildman–Crippen LogP) is 3.33. The van der Waals surface area contributed by atoms with E-state index in [-0.39, 0.29) is 19.3 Å². The maximum absolute atomic E-state index is 13.2. The molecule has 2 rings (SSSR count). The summed E-state index contributed by atoms with van der Waals surface area (Å²) < 4.78 is 45.4. The lowest BCUT2D eigenvalue weighted by Crippen LogP contribution is -2.48. The largest absolute Gasteiger partial charge is 0.481 e.